The van der Waals surface area contributed by atoms with Crippen LogP contribution in [0.4, 0.5) is 0 Å². The predicted molar refractivity (Wildman–Crippen MR) is 233 cm³/mol. The number of esters is 2. The lowest BCUT2D eigenvalue weighted by Gasteiger charge is -2.24. The third-order valence-corrected chi connectivity index (χ3v) is 10.00. The molecule has 56 heavy (non-hydrogen) atoms. The second-order valence-electron chi connectivity index (χ2n) is 15.7. The molecular weight excluding hydrogens is 725 g/mol. The lowest BCUT2D eigenvalue weighted by Crippen LogP contribution is -2.37. The Morgan fingerprint density at radius 2 is 1.04 bits per heavy atom. The molecule has 1 N–H and O–H groups in total. The fraction of sp³-hybridized carbons (Fsp3) is 0.739. The van der Waals surface area contributed by atoms with Gasteiger partial charge >= 0.3 is 19.8 Å². The topological polar surface area (TPSA) is 108 Å². The van der Waals surface area contributed by atoms with E-state index in [9.17, 15) is 19.0 Å². The van der Waals surface area contributed by atoms with Crippen LogP contribution in [0, 0.1) is 0 Å². The molecular formula is C46H83NO8P+. The summed E-state index contributed by atoms with van der Waals surface area (Å²) in [7, 11) is 1.43. The molecule has 1 unspecified atom stereocenters. The number of ether oxygens (including phenoxy) is 2. The molecule has 0 radical (unpaired) electrons. The molecule has 0 rings (SSSR count). The van der Waals surface area contributed by atoms with Gasteiger partial charge in [-0.3, -0.25) is 18.6 Å². The van der Waals surface area contributed by atoms with Gasteiger partial charge in [0.05, 0.1) is 27.7 Å². The number of nitrogens with zero attached hydrogens (tertiary/aromatic N) is 1. The maximum Gasteiger partial charge on any atom is 0.472 e. The van der Waals surface area contributed by atoms with Crippen LogP contribution in [0.25, 0.3) is 0 Å². The summed E-state index contributed by atoms with van der Waals surface area (Å²) < 4.78 is 34.2. The molecule has 9 nitrogen and oxygen atoms in total. The molecule has 0 aliphatic carbocycles. The number of phosphoric acid groups is 1. The minimum absolute atomic E-state index is 0.0184. The zero-order valence-corrected chi connectivity index (χ0v) is 37.2. The van der Waals surface area contributed by atoms with Crippen LogP contribution >= 0.6 is 7.82 Å². The number of rotatable bonds is 39. The second-order valence-corrected chi connectivity index (χ2v) is 17.2. The van der Waals surface area contributed by atoms with Crippen LogP contribution < -0.4 is 0 Å². The largest absolute Gasteiger partial charge is 0.472 e. The first-order valence-electron chi connectivity index (χ1n) is 22.0. The number of allylic oxidation sites excluding steroid dienone is 10. The molecule has 0 fully saturated rings. The summed E-state index contributed by atoms with van der Waals surface area (Å²) in [6.45, 7) is 4.26. The summed E-state index contributed by atoms with van der Waals surface area (Å²) in [6.07, 6.45) is 45.7. The first kappa shape index (κ1) is 53.7. The van der Waals surface area contributed by atoms with Crippen LogP contribution in [-0.4, -0.2) is 74.9 Å². The van der Waals surface area contributed by atoms with Crippen LogP contribution in [0.15, 0.2) is 60.8 Å². The van der Waals surface area contributed by atoms with Gasteiger partial charge in [0.15, 0.2) is 6.10 Å². The highest BCUT2D eigenvalue weighted by Gasteiger charge is 2.27. The molecule has 0 heterocycles. The number of hydrogen-bond donors (Lipinski definition) is 1. The summed E-state index contributed by atoms with van der Waals surface area (Å²) in [6, 6.07) is 0. The molecule has 10 heteroatoms. The van der Waals surface area contributed by atoms with Gasteiger partial charge in [0.1, 0.15) is 19.8 Å². The summed E-state index contributed by atoms with van der Waals surface area (Å²) in [4.78, 5) is 35.3. The average Bonchev–Trinajstić information content (AvgIpc) is 3.15. The molecule has 0 spiro atoms. The number of phosphoric ester groups is 1. The molecule has 0 amide bonds. The highest BCUT2D eigenvalue weighted by atomic mass is 31.2. The third kappa shape index (κ3) is 41.3. The Bertz CT molecular complexity index is 1140. The van der Waals surface area contributed by atoms with Gasteiger partial charge in [0.2, 0.25) is 0 Å². The van der Waals surface area contributed by atoms with Crippen molar-refractivity contribution in [1.29, 1.82) is 0 Å². The first-order valence-corrected chi connectivity index (χ1v) is 23.5. The fourth-order valence-electron chi connectivity index (χ4n) is 5.55. The van der Waals surface area contributed by atoms with E-state index in [1.165, 1.54) is 70.6 Å². The Morgan fingerprint density at radius 1 is 0.554 bits per heavy atom. The Kier molecular flexibility index (Phi) is 36.7. The summed E-state index contributed by atoms with van der Waals surface area (Å²) in [5, 5.41) is 0. The fourth-order valence-corrected chi connectivity index (χ4v) is 6.29. The van der Waals surface area contributed by atoms with Crippen molar-refractivity contribution in [3.05, 3.63) is 60.8 Å². The van der Waals surface area contributed by atoms with Gasteiger partial charge in [-0.15, -0.1) is 0 Å². The normalized spacial score (nSPS) is 14.2. The van der Waals surface area contributed by atoms with Crippen molar-refractivity contribution in [3.8, 4) is 0 Å². The number of likely N-dealkylation sites (N-methyl/N-ethyl adjacent to an activating group) is 1. The standard InChI is InChI=1S/C46H82NO8P/c1-6-8-10-12-14-16-18-20-22-23-25-26-28-30-32-34-36-38-45(48)52-42-44(43-54-56(50,51)53-41-40-47(3,4)5)55-46(49)39-37-35-33-31-29-27-24-21-19-17-15-13-11-9-7-2/h10,12,16,18,22-23,26,28,33,35,44H,6-9,11,13-15,17,19-21,24-25,27,29-32,34,36-43H2,1-5H3/p+1/b12-10+,18-16+,23-22+,28-26+,35-33+/t44-/m1/s1. The smallest absolute Gasteiger partial charge is 0.462 e. The van der Waals surface area contributed by atoms with Crippen molar-refractivity contribution < 1.29 is 42.1 Å². The van der Waals surface area contributed by atoms with E-state index >= 15 is 0 Å². The Balaban J connectivity index is 4.47. The van der Waals surface area contributed by atoms with Crippen molar-refractivity contribution in [1.82, 2.24) is 0 Å². The molecule has 0 aromatic heterocycles. The average molecular weight is 809 g/mol. The van der Waals surface area contributed by atoms with Gasteiger partial charge < -0.3 is 18.9 Å². The highest BCUT2D eigenvalue weighted by Crippen LogP contribution is 2.43. The first-order chi connectivity index (χ1) is 27.0. The van der Waals surface area contributed by atoms with Gasteiger partial charge in [-0.05, 0) is 64.2 Å². The number of quaternary nitrogens is 1. The quantitative estimate of drug-likeness (QED) is 0.0215. The van der Waals surface area contributed by atoms with Crippen LogP contribution in [-0.2, 0) is 32.7 Å². The molecule has 2 atom stereocenters. The zero-order valence-electron chi connectivity index (χ0n) is 36.3. The molecule has 324 valence electrons. The Morgan fingerprint density at radius 3 is 1.59 bits per heavy atom. The van der Waals surface area contributed by atoms with Crippen LogP contribution in [0.2, 0.25) is 0 Å². The monoisotopic (exact) mass is 809 g/mol. The molecule has 0 aromatic rings. The minimum atomic E-state index is -4.39. The predicted octanol–water partition coefficient (Wildman–Crippen LogP) is 12.5. The number of unbranched alkanes of at least 4 members (excludes halogenated alkanes) is 15. The molecule has 0 aromatic carbocycles. The van der Waals surface area contributed by atoms with Crippen molar-refractivity contribution in [2.45, 2.75) is 174 Å². The van der Waals surface area contributed by atoms with E-state index in [2.05, 4.69) is 68.5 Å². The molecule has 0 aliphatic rings. The molecule has 0 bridgehead atoms. The molecule has 0 aliphatic heterocycles. The Labute approximate surface area is 343 Å². The van der Waals surface area contributed by atoms with Crippen molar-refractivity contribution in [2.24, 2.45) is 0 Å². The maximum atomic E-state index is 12.7. The lowest BCUT2D eigenvalue weighted by atomic mass is 10.1. The Hall–Kier alpha value is -2.29. The van der Waals surface area contributed by atoms with Crippen molar-refractivity contribution >= 4 is 19.8 Å². The SMILES string of the molecule is CCC/C=C/C/C=C/C/C=C/C/C=C/CCCCCC(=O)OC[C@H](COP(=O)(O)OCC[N+](C)(C)C)OC(=O)CC/C=C/CCCCCCCCCCCCC. The summed E-state index contributed by atoms with van der Waals surface area (Å²) in [5.74, 6) is -0.895. The second kappa shape index (κ2) is 38.2. The third-order valence-electron chi connectivity index (χ3n) is 9.01. The number of carbonyl (C=O) groups is 2. The van der Waals surface area contributed by atoms with Gasteiger partial charge in [-0.25, -0.2) is 4.57 Å². The maximum absolute atomic E-state index is 12.7. The van der Waals surface area contributed by atoms with Crippen molar-refractivity contribution in [2.75, 3.05) is 47.5 Å². The minimum Gasteiger partial charge on any atom is -0.462 e. The number of hydrogen-bond acceptors (Lipinski definition) is 7. The van der Waals surface area contributed by atoms with E-state index in [1.54, 1.807) is 0 Å². The van der Waals surface area contributed by atoms with Gasteiger partial charge in [-0.2, -0.15) is 0 Å². The van der Waals surface area contributed by atoms with Crippen LogP contribution in [0.5, 0.6) is 0 Å². The summed E-state index contributed by atoms with van der Waals surface area (Å²) in [5.41, 5.74) is 0. The molecule has 0 saturated carbocycles. The van der Waals surface area contributed by atoms with E-state index in [-0.39, 0.29) is 26.1 Å². The van der Waals surface area contributed by atoms with E-state index in [1.807, 2.05) is 27.2 Å². The van der Waals surface area contributed by atoms with Gasteiger partial charge in [0, 0.05) is 12.8 Å². The van der Waals surface area contributed by atoms with Crippen LogP contribution in [0.3, 0.4) is 0 Å². The zero-order chi connectivity index (χ0) is 41.4. The summed E-state index contributed by atoms with van der Waals surface area (Å²) >= 11 is 0. The van der Waals surface area contributed by atoms with Gasteiger partial charge in [0.25, 0.3) is 0 Å². The van der Waals surface area contributed by atoms with E-state index in [0.717, 1.165) is 57.8 Å². The van der Waals surface area contributed by atoms with E-state index < -0.39 is 32.5 Å². The van der Waals surface area contributed by atoms with Crippen molar-refractivity contribution in [3.63, 3.8) is 0 Å². The highest BCUT2D eigenvalue weighted by molar-refractivity contribution is 7.47. The lowest BCUT2D eigenvalue weighted by molar-refractivity contribution is -0.870. The van der Waals surface area contributed by atoms with Gasteiger partial charge in [-0.1, -0.05) is 152 Å². The van der Waals surface area contributed by atoms with Crippen LogP contribution in [0.1, 0.15) is 168 Å². The molecule has 0 saturated heterocycles. The van der Waals surface area contributed by atoms with E-state index in [0.29, 0.717) is 23.9 Å². The van der Waals surface area contributed by atoms with E-state index in [4.69, 9.17) is 18.5 Å². The number of carbonyl (C=O) groups excluding carboxylic acids is 2.